The molecule has 0 bridgehead atoms. The first-order valence-electron chi connectivity index (χ1n) is 8.61. The molecule has 4 rings (SSSR count). The lowest BCUT2D eigenvalue weighted by Gasteiger charge is -2.11. The molecule has 1 amide bonds. The van der Waals surface area contributed by atoms with Crippen molar-refractivity contribution in [2.45, 2.75) is 13.5 Å². The normalized spacial score (nSPS) is 10.7. The van der Waals surface area contributed by atoms with E-state index in [1.807, 2.05) is 61.5 Å². The van der Waals surface area contributed by atoms with E-state index in [0.717, 1.165) is 16.9 Å². The van der Waals surface area contributed by atoms with E-state index >= 15 is 0 Å². The molecule has 0 saturated carbocycles. The quantitative estimate of drug-likeness (QED) is 0.565. The highest BCUT2D eigenvalue weighted by Crippen LogP contribution is 2.23. The van der Waals surface area contributed by atoms with Gasteiger partial charge in [-0.05, 0) is 37.3 Å². The number of benzene rings is 2. The third-order valence-electron chi connectivity index (χ3n) is 4.12. The van der Waals surface area contributed by atoms with E-state index in [9.17, 15) is 4.79 Å². The second-order valence-electron chi connectivity index (χ2n) is 6.09. The lowest BCUT2D eigenvalue weighted by molar-refractivity contribution is 0.0952. The van der Waals surface area contributed by atoms with Gasteiger partial charge >= 0.3 is 0 Å². The molecule has 2 heterocycles. The zero-order valence-electron chi connectivity index (χ0n) is 14.8. The fourth-order valence-corrected chi connectivity index (χ4v) is 2.86. The van der Waals surface area contributed by atoms with Crippen molar-refractivity contribution in [2.24, 2.45) is 0 Å². The molecule has 0 aliphatic rings. The van der Waals surface area contributed by atoms with Crippen molar-refractivity contribution in [3.05, 3.63) is 83.8 Å². The van der Waals surface area contributed by atoms with Crippen LogP contribution in [0.4, 0.5) is 0 Å². The van der Waals surface area contributed by atoms with Crippen LogP contribution < -0.4 is 10.1 Å². The SMILES string of the molecule is Cc1nc2c(C(=O)NCc3cccnc3Oc3ccccc3)cccc2[nH]1. The van der Waals surface area contributed by atoms with Gasteiger partial charge in [0.15, 0.2) is 0 Å². The maximum atomic E-state index is 12.7. The molecule has 6 nitrogen and oxygen atoms in total. The fourth-order valence-electron chi connectivity index (χ4n) is 2.86. The number of pyridine rings is 1. The number of carbonyl (C=O) groups is 1. The molecule has 27 heavy (non-hydrogen) atoms. The van der Waals surface area contributed by atoms with Gasteiger partial charge in [-0.15, -0.1) is 0 Å². The highest BCUT2D eigenvalue weighted by molar-refractivity contribution is 6.04. The summed E-state index contributed by atoms with van der Waals surface area (Å²) in [4.78, 5) is 24.5. The topological polar surface area (TPSA) is 79.9 Å². The summed E-state index contributed by atoms with van der Waals surface area (Å²) in [6, 6.07) is 18.6. The Morgan fingerprint density at radius 1 is 1.07 bits per heavy atom. The average Bonchev–Trinajstić information content (AvgIpc) is 3.08. The van der Waals surface area contributed by atoms with Gasteiger partial charge in [0.1, 0.15) is 17.1 Å². The minimum Gasteiger partial charge on any atom is -0.439 e. The minimum absolute atomic E-state index is 0.193. The number of fused-ring (bicyclic) bond motifs is 1. The van der Waals surface area contributed by atoms with E-state index in [4.69, 9.17) is 4.74 Å². The number of nitrogens with zero attached hydrogens (tertiary/aromatic N) is 2. The Hall–Kier alpha value is -3.67. The zero-order valence-corrected chi connectivity index (χ0v) is 14.8. The molecule has 0 spiro atoms. The molecule has 2 N–H and O–H groups in total. The first-order valence-corrected chi connectivity index (χ1v) is 8.61. The van der Waals surface area contributed by atoms with E-state index in [0.29, 0.717) is 29.3 Å². The smallest absolute Gasteiger partial charge is 0.253 e. The summed E-state index contributed by atoms with van der Waals surface area (Å²) in [7, 11) is 0. The maximum Gasteiger partial charge on any atom is 0.253 e. The number of amides is 1. The fraction of sp³-hybridized carbons (Fsp3) is 0.0952. The summed E-state index contributed by atoms with van der Waals surface area (Å²) in [5.41, 5.74) is 2.83. The van der Waals surface area contributed by atoms with Crippen molar-refractivity contribution in [3.63, 3.8) is 0 Å². The highest BCUT2D eigenvalue weighted by atomic mass is 16.5. The van der Waals surface area contributed by atoms with Gasteiger partial charge in [0.25, 0.3) is 5.91 Å². The summed E-state index contributed by atoms with van der Waals surface area (Å²) >= 11 is 0. The third-order valence-corrected chi connectivity index (χ3v) is 4.12. The number of nitrogens with one attached hydrogen (secondary N) is 2. The molecule has 0 aliphatic heterocycles. The molecule has 0 atom stereocenters. The van der Waals surface area contributed by atoms with Gasteiger partial charge in [0.05, 0.1) is 11.1 Å². The largest absolute Gasteiger partial charge is 0.439 e. The van der Waals surface area contributed by atoms with Gasteiger partial charge in [-0.1, -0.05) is 30.3 Å². The molecule has 0 aliphatic carbocycles. The number of aromatic amines is 1. The van der Waals surface area contributed by atoms with Gasteiger partial charge in [-0.2, -0.15) is 0 Å². The van der Waals surface area contributed by atoms with Gasteiger partial charge in [-0.3, -0.25) is 4.79 Å². The van der Waals surface area contributed by atoms with E-state index in [1.165, 1.54) is 0 Å². The maximum absolute atomic E-state index is 12.7. The monoisotopic (exact) mass is 358 g/mol. The van der Waals surface area contributed by atoms with Crippen molar-refractivity contribution >= 4 is 16.9 Å². The molecule has 6 heteroatoms. The average molecular weight is 358 g/mol. The number of imidazole rings is 1. The van der Waals surface area contributed by atoms with E-state index in [1.54, 1.807) is 12.3 Å². The molecule has 2 aromatic heterocycles. The molecule has 0 radical (unpaired) electrons. The number of hydrogen-bond donors (Lipinski definition) is 2. The Morgan fingerprint density at radius 3 is 2.78 bits per heavy atom. The standard InChI is InChI=1S/C21H18N4O2/c1-14-24-18-11-5-10-17(19(18)25-14)20(26)23-13-15-7-6-12-22-21(15)27-16-8-3-2-4-9-16/h2-12H,13H2,1H3,(H,23,26)(H,24,25). The van der Waals surface area contributed by atoms with Crippen molar-refractivity contribution < 1.29 is 9.53 Å². The first kappa shape index (κ1) is 16.8. The molecule has 2 aromatic carbocycles. The number of aryl methyl sites for hydroxylation is 1. The van der Waals surface area contributed by atoms with Crippen LogP contribution in [0.2, 0.25) is 0 Å². The second kappa shape index (κ2) is 7.29. The van der Waals surface area contributed by atoms with E-state index < -0.39 is 0 Å². The molecular weight excluding hydrogens is 340 g/mol. The summed E-state index contributed by atoms with van der Waals surface area (Å²) < 4.78 is 5.84. The molecule has 0 unspecified atom stereocenters. The predicted molar refractivity (Wildman–Crippen MR) is 103 cm³/mol. The Bertz CT molecular complexity index is 1090. The predicted octanol–water partition coefficient (Wildman–Crippen LogP) is 3.99. The third kappa shape index (κ3) is 3.64. The minimum atomic E-state index is -0.193. The Labute approximate surface area is 156 Å². The molecular formula is C21H18N4O2. The lowest BCUT2D eigenvalue weighted by atomic mass is 10.1. The summed E-state index contributed by atoms with van der Waals surface area (Å²) in [6.07, 6.45) is 1.66. The van der Waals surface area contributed by atoms with Gasteiger partial charge in [-0.25, -0.2) is 9.97 Å². The Morgan fingerprint density at radius 2 is 1.93 bits per heavy atom. The number of para-hydroxylation sites is 2. The van der Waals surface area contributed by atoms with Crippen LogP contribution in [0.1, 0.15) is 21.7 Å². The van der Waals surface area contributed by atoms with Crippen LogP contribution in [0, 0.1) is 6.92 Å². The Kier molecular flexibility index (Phi) is 4.53. The molecule has 134 valence electrons. The molecule has 4 aromatic rings. The summed E-state index contributed by atoms with van der Waals surface area (Å²) in [5.74, 6) is 1.75. The van der Waals surface area contributed by atoms with E-state index in [-0.39, 0.29) is 5.91 Å². The van der Waals surface area contributed by atoms with Crippen LogP contribution in [0.25, 0.3) is 11.0 Å². The Balaban J connectivity index is 1.52. The number of aromatic nitrogens is 3. The summed E-state index contributed by atoms with van der Waals surface area (Å²) in [6.45, 7) is 2.17. The molecule has 0 saturated heterocycles. The van der Waals surface area contributed by atoms with Gasteiger partial charge < -0.3 is 15.0 Å². The van der Waals surface area contributed by atoms with Gasteiger partial charge in [0.2, 0.25) is 5.88 Å². The van der Waals surface area contributed by atoms with Crippen molar-refractivity contribution in [2.75, 3.05) is 0 Å². The van der Waals surface area contributed by atoms with Crippen molar-refractivity contribution in [3.8, 4) is 11.6 Å². The lowest BCUT2D eigenvalue weighted by Crippen LogP contribution is -2.23. The van der Waals surface area contributed by atoms with Gasteiger partial charge in [0, 0.05) is 18.3 Å². The van der Waals surface area contributed by atoms with Crippen molar-refractivity contribution in [1.29, 1.82) is 0 Å². The van der Waals surface area contributed by atoms with Crippen LogP contribution in [0.5, 0.6) is 11.6 Å². The zero-order chi connectivity index (χ0) is 18.6. The number of carbonyl (C=O) groups excluding carboxylic acids is 1. The van der Waals surface area contributed by atoms with Crippen LogP contribution in [0.3, 0.4) is 0 Å². The number of hydrogen-bond acceptors (Lipinski definition) is 4. The number of H-pyrrole nitrogens is 1. The summed E-state index contributed by atoms with van der Waals surface area (Å²) in [5, 5.41) is 2.93. The van der Waals surface area contributed by atoms with Crippen LogP contribution in [-0.2, 0) is 6.54 Å². The van der Waals surface area contributed by atoms with Crippen molar-refractivity contribution in [1.82, 2.24) is 20.3 Å². The second-order valence-corrected chi connectivity index (χ2v) is 6.09. The molecule has 0 fully saturated rings. The van der Waals surface area contributed by atoms with E-state index in [2.05, 4.69) is 20.3 Å². The number of rotatable bonds is 5. The first-order chi connectivity index (χ1) is 13.2. The van der Waals surface area contributed by atoms with Crippen LogP contribution in [-0.4, -0.2) is 20.9 Å². The number of ether oxygens (including phenoxy) is 1. The van der Waals surface area contributed by atoms with Crippen LogP contribution in [0.15, 0.2) is 66.9 Å². The van der Waals surface area contributed by atoms with Crippen LogP contribution >= 0.6 is 0 Å². The highest BCUT2D eigenvalue weighted by Gasteiger charge is 2.14.